The molecule has 0 aromatic rings. The highest BCUT2D eigenvalue weighted by molar-refractivity contribution is 5.84. The van der Waals surface area contributed by atoms with Gasteiger partial charge in [0.1, 0.15) is 0 Å². The molecule has 0 aromatic carbocycles. The van der Waals surface area contributed by atoms with Crippen molar-refractivity contribution in [3.05, 3.63) is 0 Å². The Kier molecular flexibility index (Phi) is 1.85. The quantitative estimate of drug-likeness (QED) is 0.593. The Morgan fingerprint density at radius 1 is 1.58 bits per heavy atom. The lowest BCUT2D eigenvalue weighted by Gasteiger charge is -2.50. The first kappa shape index (κ1) is 8.09. The lowest BCUT2D eigenvalue weighted by Crippen LogP contribution is -2.65. The van der Waals surface area contributed by atoms with Gasteiger partial charge in [0, 0.05) is 6.42 Å². The van der Waals surface area contributed by atoms with Crippen molar-refractivity contribution in [2.45, 2.75) is 51.0 Å². The van der Waals surface area contributed by atoms with Gasteiger partial charge in [-0.3, -0.25) is 4.79 Å². The lowest BCUT2D eigenvalue weighted by molar-refractivity contribution is -0.137. The van der Waals surface area contributed by atoms with Crippen LogP contribution in [0.3, 0.4) is 0 Å². The number of amides is 1. The summed E-state index contributed by atoms with van der Waals surface area (Å²) in [5, 5.41) is 3.12. The Morgan fingerprint density at radius 3 is 2.92 bits per heavy atom. The van der Waals surface area contributed by atoms with Crippen LogP contribution in [-0.4, -0.2) is 11.4 Å². The van der Waals surface area contributed by atoms with E-state index in [4.69, 9.17) is 0 Å². The monoisotopic (exact) mass is 167 g/mol. The molecule has 0 radical (unpaired) electrons. The molecule has 2 rings (SSSR count). The van der Waals surface area contributed by atoms with Crippen LogP contribution in [0.25, 0.3) is 0 Å². The first-order valence-electron chi connectivity index (χ1n) is 5.08. The van der Waals surface area contributed by atoms with Crippen LogP contribution in [0.4, 0.5) is 0 Å². The van der Waals surface area contributed by atoms with Crippen molar-refractivity contribution >= 4 is 5.91 Å². The van der Waals surface area contributed by atoms with Crippen LogP contribution >= 0.6 is 0 Å². The molecule has 2 nitrogen and oxygen atoms in total. The molecule has 1 aliphatic heterocycles. The number of β-lactam (4-membered cyclic amide) rings is 1. The molecule has 2 fully saturated rings. The first-order valence-corrected chi connectivity index (χ1v) is 5.08. The largest absolute Gasteiger partial charge is 0.350 e. The smallest absolute Gasteiger partial charge is 0.222 e. The number of hydrogen-bond donors (Lipinski definition) is 1. The molecular formula is C10H17NO. The SMILES string of the molecule is CCC1CCCCC12CC(=O)N2. The van der Waals surface area contributed by atoms with Crippen LogP contribution < -0.4 is 5.32 Å². The summed E-state index contributed by atoms with van der Waals surface area (Å²) in [5.74, 6) is 1.01. The molecule has 1 spiro atoms. The van der Waals surface area contributed by atoms with Gasteiger partial charge in [0.05, 0.1) is 5.54 Å². The average molecular weight is 167 g/mol. The molecular weight excluding hydrogens is 150 g/mol. The second-order valence-electron chi connectivity index (χ2n) is 4.23. The van der Waals surface area contributed by atoms with Crippen molar-refractivity contribution < 1.29 is 4.79 Å². The van der Waals surface area contributed by atoms with Crippen LogP contribution in [-0.2, 0) is 4.79 Å². The van der Waals surface area contributed by atoms with Gasteiger partial charge >= 0.3 is 0 Å². The third-order valence-electron chi connectivity index (χ3n) is 3.56. The second kappa shape index (κ2) is 2.75. The van der Waals surface area contributed by atoms with Crippen molar-refractivity contribution in [3.63, 3.8) is 0 Å². The molecule has 0 bridgehead atoms. The zero-order chi connectivity index (χ0) is 8.60. The van der Waals surface area contributed by atoms with Gasteiger partial charge in [-0.2, -0.15) is 0 Å². The molecule has 1 saturated heterocycles. The summed E-state index contributed by atoms with van der Waals surface area (Å²) in [6.07, 6.45) is 7.22. The number of rotatable bonds is 1. The normalized spacial score (nSPS) is 40.8. The minimum atomic E-state index is 0.240. The van der Waals surface area contributed by atoms with Gasteiger partial charge in [0.25, 0.3) is 0 Å². The van der Waals surface area contributed by atoms with Crippen molar-refractivity contribution in [2.24, 2.45) is 5.92 Å². The Hall–Kier alpha value is -0.530. The predicted molar refractivity (Wildman–Crippen MR) is 47.7 cm³/mol. The van der Waals surface area contributed by atoms with E-state index in [1.54, 1.807) is 0 Å². The minimum Gasteiger partial charge on any atom is -0.350 e. The highest BCUT2D eigenvalue weighted by Gasteiger charge is 2.48. The van der Waals surface area contributed by atoms with Gasteiger partial charge in [-0.25, -0.2) is 0 Å². The van der Waals surface area contributed by atoms with Crippen molar-refractivity contribution in [1.29, 1.82) is 0 Å². The lowest BCUT2D eigenvalue weighted by atomic mass is 9.66. The van der Waals surface area contributed by atoms with Crippen LogP contribution in [0.2, 0.25) is 0 Å². The van der Waals surface area contributed by atoms with Crippen LogP contribution in [0.15, 0.2) is 0 Å². The molecule has 0 aromatic heterocycles. The summed E-state index contributed by atoms with van der Waals surface area (Å²) in [5.41, 5.74) is 0.240. The summed E-state index contributed by atoms with van der Waals surface area (Å²) in [6, 6.07) is 0. The highest BCUT2D eigenvalue weighted by atomic mass is 16.2. The van der Waals surface area contributed by atoms with Crippen molar-refractivity contribution in [1.82, 2.24) is 5.32 Å². The van der Waals surface area contributed by atoms with E-state index in [0.29, 0.717) is 0 Å². The van der Waals surface area contributed by atoms with E-state index in [0.717, 1.165) is 12.3 Å². The molecule has 1 amide bonds. The van der Waals surface area contributed by atoms with Gasteiger partial charge in [0.2, 0.25) is 5.91 Å². The topological polar surface area (TPSA) is 29.1 Å². The Bertz CT molecular complexity index is 192. The number of hydrogen-bond acceptors (Lipinski definition) is 1. The van der Waals surface area contributed by atoms with Crippen molar-refractivity contribution in [2.75, 3.05) is 0 Å². The molecule has 1 saturated carbocycles. The molecule has 2 unspecified atom stereocenters. The van der Waals surface area contributed by atoms with Gasteiger partial charge in [-0.1, -0.05) is 26.2 Å². The number of carbonyl (C=O) groups is 1. The Balaban J connectivity index is 2.05. The maximum Gasteiger partial charge on any atom is 0.222 e. The summed E-state index contributed by atoms with van der Waals surface area (Å²) in [7, 11) is 0. The first-order chi connectivity index (χ1) is 5.77. The van der Waals surface area contributed by atoms with Crippen LogP contribution in [0, 0.1) is 5.92 Å². The zero-order valence-corrected chi connectivity index (χ0v) is 7.73. The van der Waals surface area contributed by atoms with E-state index in [-0.39, 0.29) is 11.4 Å². The van der Waals surface area contributed by atoms with E-state index < -0.39 is 0 Å². The fourth-order valence-electron chi connectivity index (χ4n) is 2.85. The molecule has 1 aliphatic carbocycles. The molecule has 1 heterocycles. The summed E-state index contributed by atoms with van der Waals surface area (Å²) in [6.45, 7) is 2.24. The maximum absolute atomic E-state index is 10.9. The third kappa shape index (κ3) is 1.05. The van der Waals surface area contributed by atoms with Crippen LogP contribution in [0.1, 0.15) is 45.4 Å². The van der Waals surface area contributed by atoms with E-state index in [1.807, 2.05) is 0 Å². The van der Waals surface area contributed by atoms with E-state index >= 15 is 0 Å². The summed E-state index contributed by atoms with van der Waals surface area (Å²) >= 11 is 0. The molecule has 2 aliphatic rings. The van der Waals surface area contributed by atoms with E-state index in [1.165, 1.54) is 32.1 Å². The highest BCUT2D eigenvalue weighted by Crippen LogP contribution is 2.42. The van der Waals surface area contributed by atoms with Gasteiger partial charge < -0.3 is 5.32 Å². The fraction of sp³-hybridized carbons (Fsp3) is 0.900. The average Bonchev–Trinajstić information content (AvgIpc) is 2.03. The maximum atomic E-state index is 10.9. The fourth-order valence-corrected chi connectivity index (χ4v) is 2.85. The number of carbonyl (C=O) groups excluding carboxylic acids is 1. The zero-order valence-electron chi connectivity index (χ0n) is 7.73. The minimum absolute atomic E-state index is 0.240. The molecule has 12 heavy (non-hydrogen) atoms. The Labute approximate surface area is 73.7 Å². The van der Waals surface area contributed by atoms with Gasteiger partial charge in [-0.15, -0.1) is 0 Å². The van der Waals surface area contributed by atoms with E-state index in [9.17, 15) is 4.79 Å². The Morgan fingerprint density at radius 2 is 2.33 bits per heavy atom. The molecule has 2 atom stereocenters. The molecule has 68 valence electrons. The molecule has 1 N–H and O–H groups in total. The van der Waals surface area contributed by atoms with Crippen LogP contribution in [0.5, 0.6) is 0 Å². The van der Waals surface area contributed by atoms with Gasteiger partial charge in [0.15, 0.2) is 0 Å². The second-order valence-corrected chi connectivity index (χ2v) is 4.23. The van der Waals surface area contributed by atoms with E-state index in [2.05, 4.69) is 12.2 Å². The predicted octanol–water partition coefficient (Wildman–Crippen LogP) is 1.85. The van der Waals surface area contributed by atoms with Gasteiger partial charge in [-0.05, 0) is 18.8 Å². The summed E-state index contributed by atoms with van der Waals surface area (Å²) in [4.78, 5) is 10.9. The number of nitrogens with one attached hydrogen (secondary N) is 1. The third-order valence-corrected chi connectivity index (χ3v) is 3.56. The standard InChI is InChI=1S/C10H17NO/c1-2-8-5-3-4-6-10(8)7-9(12)11-10/h8H,2-7H2,1H3,(H,11,12). The molecule has 2 heteroatoms. The van der Waals surface area contributed by atoms with Crippen molar-refractivity contribution in [3.8, 4) is 0 Å². The summed E-state index contributed by atoms with van der Waals surface area (Å²) < 4.78 is 0.